The van der Waals surface area contributed by atoms with Crippen LogP contribution in [0.4, 0.5) is 5.69 Å². The van der Waals surface area contributed by atoms with Gasteiger partial charge in [-0.15, -0.1) is 0 Å². The Kier molecular flexibility index (Phi) is 6.36. The number of fused-ring (bicyclic) bond motifs is 1. The highest BCUT2D eigenvalue weighted by atomic mass is 16.5. The second-order valence-electron chi connectivity index (χ2n) is 7.78. The summed E-state index contributed by atoms with van der Waals surface area (Å²) in [7, 11) is 0. The van der Waals surface area contributed by atoms with Crippen LogP contribution in [0.1, 0.15) is 55.7 Å². The van der Waals surface area contributed by atoms with E-state index < -0.39 is 0 Å². The van der Waals surface area contributed by atoms with Crippen molar-refractivity contribution in [1.29, 1.82) is 0 Å². The molecule has 31 heavy (non-hydrogen) atoms. The number of nitrogens with zero attached hydrogens (tertiary/aromatic N) is 3. The molecule has 0 atom stereocenters. The molecule has 164 valence electrons. The van der Waals surface area contributed by atoms with Crippen molar-refractivity contribution in [3.8, 4) is 11.6 Å². The molecule has 3 aromatic heterocycles. The Balaban J connectivity index is 1.61. The van der Waals surface area contributed by atoms with Crippen LogP contribution in [0.25, 0.3) is 5.65 Å². The van der Waals surface area contributed by atoms with Crippen molar-refractivity contribution in [3.05, 3.63) is 48.0 Å². The number of ether oxygens (including phenoxy) is 3. The summed E-state index contributed by atoms with van der Waals surface area (Å²) >= 11 is 0. The van der Waals surface area contributed by atoms with Gasteiger partial charge >= 0.3 is 0 Å². The lowest BCUT2D eigenvalue weighted by atomic mass is 9.97. The van der Waals surface area contributed by atoms with Crippen molar-refractivity contribution in [1.82, 2.24) is 14.4 Å². The van der Waals surface area contributed by atoms with Gasteiger partial charge in [-0.2, -0.15) is 0 Å². The summed E-state index contributed by atoms with van der Waals surface area (Å²) in [6.45, 7) is 7.73. The molecule has 8 nitrogen and oxygen atoms in total. The van der Waals surface area contributed by atoms with Crippen LogP contribution >= 0.6 is 0 Å². The Morgan fingerprint density at radius 3 is 2.81 bits per heavy atom. The van der Waals surface area contributed by atoms with Crippen LogP contribution in [-0.4, -0.2) is 46.2 Å². The highest BCUT2D eigenvalue weighted by Crippen LogP contribution is 2.30. The molecule has 4 heterocycles. The van der Waals surface area contributed by atoms with E-state index in [9.17, 15) is 4.79 Å². The van der Waals surface area contributed by atoms with Crippen LogP contribution in [0.3, 0.4) is 0 Å². The Morgan fingerprint density at radius 1 is 1.26 bits per heavy atom. The molecule has 0 unspecified atom stereocenters. The summed E-state index contributed by atoms with van der Waals surface area (Å²) in [5.74, 6) is 1.04. The Bertz CT molecular complexity index is 1060. The van der Waals surface area contributed by atoms with Gasteiger partial charge in [0.2, 0.25) is 5.88 Å². The van der Waals surface area contributed by atoms with Crippen LogP contribution < -0.4 is 14.8 Å². The minimum atomic E-state index is -0.334. The summed E-state index contributed by atoms with van der Waals surface area (Å²) < 4.78 is 18.8. The van der Waals surface area contributed by atoms with Crippen molar-refractivity contribution >= 4 is 17.2 Å². The second-order valence-corrected chi connectivity index (χ2v) is 7.78. The fraction of sp³-hybridized carbons (Fsp3) is 0.435. The van der Waals surface area contributed by atoms with Crippen molar-refractivity contribution in [2.24, 2.45) is 0 Å². The van der Waals surface area contributed by atoms with Gasteiger partial charge in [-0.25, -0.2) is 9.97 Å². The molecule has 1 amide bonds. The number of imidazole rings is 1. The van der Waals surface area contributed by atoms with Crippen LogP contribution in [0.15, 0.2) is 36.7 Å². The number of aromatic nitrogens is 3. The Morgan fingerprint density at radius 2 is 2.06 bits per heavy atom. The minimum Gasteiger partial charge on any atom is -0.491 e. The average Bonchev–Trinajstić information content (AvgIpc) is 3.17. The largest absolute Gasteiger partial charge is 0.491 e. The monoisotopic (exact) mass is 424 g/mol. The third-order valence-electron chi connectivity index (χ3n) is 5.07. The fourth-order valence-electron chi connectivity index (χ4n) is 3.63. The lowest BCUT2D eigenvalue weighted by molar-refractivity contribution is 0.0846. The van der Waals surface area contributed by atoms with Crippen LogP contribution in [0.5, 0.6) is 11.6 Å². The maximum Gasteiger partial charge on any atom is 0.274 e. The van der Waals surface area contributed by atoms with Crippen LogP contribution in [0.2, 0.25) is 0 Å². The number of carbonyl (C=O) groups is 1. The number of hydrogen-bond acceptors (Lipinski definition) is 6. The lowest BCUT2D eigenvalue weighted by Gasteiger charge is -2.19. The molecule has 0 bridgehead atoms. The molecular weight excluding hydrogens is 396 g/mol. The third kappa shape index (κ3) is 4.96. The molecule has 1 aliphatic rings. The molecule has 0 aliphatic carbocycles. The van der Waals surface area contributed by atoms with E-state index >= 15 is 0 Å². The normalized spacial score (nSPS) is 14.7. The van der Waals surface area contributed by atoms with E-state index in [1.807, 2.05) is 43.6 Å². The van der Waals surface area contributed by atoms with Crippen molar-refractivity contribution in [2.75, 3.05) is 25.1 Å². The third-order valence-corrected chi connectivity index (χ3v) is 5.07. The molecule has 1 saturated heterocycles. The minimum absolute atomic E-state index is 0.0241. The van der Waals surface area contributed by atoms with Gasteiger partial charge in [-0.1, -0.05) is 6.07 Å². The zero-order chi connectivity index (χ0) is 21.8. The lowest BCUT2D eigenvalue weighted by Crippen LogP contribution is -2.16. The molecule has 1 fully saturated rings. The fourth-order valence-corrected chi connectivity index (χ4v) is 3.63. The molecule has 0 saturated carbocycles. The second kappa shape index (κ2) is 9.34. The summed E-state index contributed by atoms with van der Waals surface area (Å²) in [6, 6.07) is 7.00. The number of pyridine rings is 2. The number of anilines is 1. The Hall–Kier alpha value is -3.13. The number of rotatable bonds is 7. The highest BCUT2D eigenvalue weighted by molar-refractivity contribution is 6.03. The van der Waals surface area contributed by atoms with Crippen molar-refractivity contribution < 1.29 is 19.0 Å². The van der Waals surface area contributed by atoms with Gasteiger partial charge in [0, 0.05) is 43.7 Å². The smallest absolute Gasteiger partial charge is 0.274 e. The van der Waals surface area contributed by atoms with E-state index in [1.54, 1.807) is 18.2 Å². The van der Waals surface area contributed by atoms with E-state index in [2.05, 4.69) is 10.3 Å². The van der Waals surface area contributed by atoms with Crippen LogP contribution in [-0.2, 0) is 4.74 Å². The molecule has 4 rings (SSSR count). The molecule has 1 N–H and O–H groups in total. The SMILES string of the molecule is CCOc1cc2nc(C3CCOCC3)cn2cc1NC(=O)c1cccc(OC(C)C)n1. The molecular formula is C23H28N4O4. The number of carbonyl (C=O) groups excluding carboxylic acids is 1. The van der Waals surface area contributed by atoms with Gasteiger partial charge in [0.05, 0.1) is 18.4 Å². The number of amides is 1. The first-order chi connectivity index (χ1) is 15.0. The van der Waals surface area contributed by atoms with Crippen LogP contribution in [0, 0.1) is 0 Å². The number of hydrogen-bond donors (Lipinski definition) is 1. The maximum absolute atomic E-state index is 12.9. The van der Waals surface area contributed by atoms with E-state index in [0.717, 1.165) is 37.4 Å². The zero-order valence-corrected chi connectivity index (χ0v) is 18.1. The summed E-state index contributed by atoms with van der Waals surface area (Å²) in [5, 5.41) is 2.92. The van der Waals surface area contributed by atoms with Crippen molar-refractivity contribution in [3.63, 3.8) is 0 Å². The van der Waals surface area contributed by atoms with E-state index in [0.29, 0.717) is 29.8 Å². The summed E-state index contributed by atoms with van der Waals surface area (Å²) in [6.07, 6.45) is 5.76. The van der Waals surface area contributed by atoms with Gasteiger partial charge in [-0.3, -0.25) is 4.79 Å². The summed E-state index contributed by atoms with van der Waals surface area (Å²) in [5.41, 5.74) is 2.66. The first-order valence-electron chi connectivity index (χ1n) is 10.7. The first kappa shape index (κ1) is 21.1. The maximum atomic E-state index is 12.9. The first-order valence-corrected chi connectivity index (χ1v) is 10.7. The predicted molar refractivity (Wildman–Crippen MR) is 117 cm³/mol. The standard InChI is InChI=1S/C23H28N4O4/c1-4-30-20-12-21-24-18(16-8-10-29-11-9-16)13-27(21)14-19(20)26-23(28)17-6-5-7-22(25-17)31-15(2)3/h5-7,12-16H,4,8-11H2,1-3H3,(H,26,28). The molecule has 8 heteroatoms. The van der Waals surface area contributed by atoms with E-state index in [-0.39, 0.29) is 17.7 Å². The molecule has 0 spiro atoms. The van der Waals surface area contributed by atoms with Gasteiger partial charge < -0.3 is 23.9 Å². The van der Waals surface area contributed by atoms with E-state index in [1.165, 1.54) is 0 Å². The average molecular weight is 425 g/mol. The molecule has 1 aliphatic heterocycles. The highest BCUT2D eigenvalue weighted by Gasteiger charge is 2.20. The predicted octanol–water partition coefficient (Wildman–Crippen LogP) is 4.06. The quantitative estimate of drug-likeness (QED) is 0.615. The van der Waals surface area contributed by atoms with Crippen molar-refractivity contribution in [2.45, 2.75) is 45.6 Å². The van der Waals surface area contributed by atoms with Gasteiger partial charge in [0.1, 0.15) is 22.8 Å². The van der Waals surface area contributed by atoms with E-state index in [4.69, 9.17) is 19.2 Å². The topological polar surface area (TPSA) is 87.0 Å². The Labute approximate surface area is 181 Å². The molecule has 0 aromatic carbocycles. The molecule has 3 aromatic rings. The number of nitrogens with one attached hydrogen (secondary N) is 1. The van der Waals surface area contributed by atoms with Gasteiger partial charge in [-0.05, 0) is 39.7 Å². The van der Waals surface area contributed by atoms with Gasteiger partial charge in [0.15, 0.2) is 0 Å². The summed E-state index contributed by atoms with van der Waals surface area (Å²) in [4.78, 5) is 22.0. The van der Waals surface area contributed by atoms with Gasteiger partial charge in [0.25, 0.3) is 5.91 Å². The molecule has 0 radical (unpaired) electrons. The zero-order valence-electron chi connectivity index (χ0n) is 18.1.